The van der Waals surface area contributed by atoms with E-state index >= 15 is 0 Å². The van der Waals surface area contributed by atoms with Crippen molar-refractivity contribution in [3.8, 4) is 5.75 Å². The molecule has 0 amide bonds. The molecule has 160 valence electrons. The molecular formula is C21H17BrN2O6S. The summed E-state index contributed by atoms with van der Waals surface area (Å²) >= 11 is 4.31. The maximum atomic E-state index is 11.6. The molecule has 0 saturated heterocycles. The van der Waals surface area contributed by atoms with E-state index in [2.05, 4.69) is 26.1 Å². The van der Waals surface area contributed by atoms with E-state index in [0.29, 0.717) is 28.1 Å². The smallest absolute Gasteiger partial charge is 0.342 e. The first-order valence-corrected chi connectivity index (χ1v) is 10.7. The highest BCUT2D eigenvalue weighted by Crippen LogP contribution is 2.31. The summed E-state index contributed by atoms with van der Waals surface area (Å²) in [4.78, 5) is 22.6. The fraction of sp³-hybridized carbons (Fsp3) is 0.143. The van der Waals surface area contributed by atoms with Crippen LogP contribution in [0.4, 0.5) is 0 Å². The molecular weight excluding hydrogens is 488 g/mol. The maximum Gasteiger partial charge on any atom is 0.342 e. The summed E-state index contributed by atoms with van der Waals surface area (Å²) in [6.07, 6.45) is 2.07. The van der Waals surface area contributed by atoms with Crippen LogP contribution < -0.4 is 4.74 Å². The molecule has 0 aliphatic heterocycles. The minimum absolute atomic E-state index is 0.0328. The second-order valence-electron chi connectivity index (χ2n) is 6.21. The molecule has 3 rings (SSSR count). The van der Waals surface area contributed by atoms with Gasteiger partial charge in [0.2, 0.25) is 5.89 Å². The lowest BCUT2D eigenvalue weighted by atomic mass is 10.1. The van der Waals surface area contributed by atoms with E-state index in [-0.39, 0.29) is 22.3 Å². The van der Waals surface area contributed by atoms with Gasteiger partial charge in [0.1, 0.15) is 17.3 Å². The lowest BCUT2D eigenvalue weighted by Gasteiger charge is -2.09. The number of thioether (sulfide) groups is 1. The third-order valence-electron chi connectivity index (χ3n) is 4.01. The first kappa shape index (κ1) is 22.6. The van der Waals surface area contributed by atoms with Gasteiger partial charge in [0, 0.05) is 6.42 Å². The Morgan fingerprint density at radius 3 is 2.48 bits per heavy atom. The predicted molar refractivity (Wildman–Crippen MR) is 117 cm³/mol. The van der Waals surface area contributed by atoms with Crippen LogP contribution in [0.1, 0.15) is 34.3 Å². The van der Waals surface area contributed by atoms with Crippen molar-refractivity contribution < 1.29 is 29.0 Å². The van der Waals surface area contributed by atoms with Gasteiger partial charge in [-0.1, -0.05) is 25.1 Å². The Morgan fingerprint density at radius 1 is 1.16 bits per heavy atom. The summed E-state index contributed by atoms with van der Waals surface area (Å²) in [7, 11) is 0. The minimum Gasteiger partial charge on any atom is -0.488 e. The number of nitrogens with zero attached hydrogens (tertiary/aromatic N) is 2. The molecule has 0 unspecified atom stereocenters. The van der Waals surface area contributed by atoms with Gasteiger partial charge in [-0.3, -0.25) is 0 Å². The average Bonchev–Trinajstić information content (AvgIpc) is 3.20. The number of aromatic carboxylic acids is 1. The number of aryl methyl sites for hydroxylation is 1. The molecule has 0 atom stereocenters. The standard InChI is InChI=1S/C21H17BrN2O6S/c1-2-18-23-24-21(30-18)31-17(20(27)28)10-13-5-8-16(15(22)9-13)29-11-12-3-6-14(7-4-12)19(25)26/h3-10H,2,11H2,1H3,(H,25,26)(H,27,28)/b17-10-. The van der Waals surface area contributed by atoms with Crippen LogP contribution in [0.25, 0.3) is 6.08 Å². The Balaban J connectivity index is 1.70. The van der Waals surface area contributed by atoms with Crippen molar-refractivity contribution in [2.24, 2.45) is 0 Å². The molecule has 2 N–H and O–H groups in total. The second-order valence-corrected chi connectivity index (χ2v) is 8.06. The number of hydrogen-bond donors (Lipinski definition) is 2. The van der Waals surface area contributed by atoms with Crippen LogP contribution in [0.2, 0.25) is 0 Å². The molecule has 1 heterocycles. The van der Waals surface area contributed by atoms with Gasteiger partial charge < -0.3 is 19.4 Å². The van der Waals surface area contributed by atoms with E-state index in [1.54, 1.807) is 30.3 Å². The minimum atomic E-state index is -1.11. The highest BCUT2D eigenvalue weighted by atomic mass is 79.9. The highest BCUT2D eigenvalue weighted by Gasteiger charge is 2.15. The summed E-state index contributed by atoms with van der Waals surface area (Å²) in [5.74, 6) is -1.09. The summed E-state index contributed by atoms with van der Waals surface area (Å²) in [6, 6.07) is 11.6. The number of carboxylic acids is 2. The maximum absolute atomic E-state index is 11.6. The zero-order valence-corrected chi connectivity index (χ0v) is 18.6. The molecule has 0 bridgehead atoms. The van der Waals surface area contributed by atoms with Crippen LogP contribution >= 0.6 is 27.7 Å². The van der Waals surface area contributed by atoms with Gasteiger partial charge in [-0.2, -0.15) is 0 Å². The van der Waals surface area contributed by atoms with E-state index < -0.39 is 11.9 Å². The van der Waals surface area contributed by atoms with E-state index in [9.17, 15) is 14.7 Å². The SMILES string of the molecule is CCc1nnc(S/C(=C\c2ccc(OCc3ccc(C(=O)O)cc3)c(Br)c2)C(=O)O)o1. The summed E-state index contributed by atoms with van der Waals surface area (Å²) in [5.41, 5.74) is 1.67. The number of aromatic nitrogens is 2. The average molecular weight is 505 g/mol. The molecule has 0 radical (unpaired) electrons. The number of carboxylic acid groups (broad SMARTS) is 2. The fourth-order valence-corrected chi connectivity index (χ4v) is 3.63. The van der Waals surface area contributed by atoms with Crippen LogP contribution in [-0.4, -0.2) is 32.3 Å². The molecule has 31 heavy (non-hydrogen) atoms. The Kier molecular flexibility index (Phi) is 7.48. The van der Waals surface area contributed by atoms with Gasteiger partial charge in [-0.05, 0) is 69.2 Å². The number of halogens is 1. The van der Waals surface area contributed by atoms with Gasteiger partial charge in [0.05, 0.1) is 10.0 Å². The summed E-state index contributed by atoms with van der Waals surface area (Å²) in [5, 5.41) is 26.3. The monoisotopic (exact) mass is 504 g/mol. The van der Waals surface area contributed by atoms with E-state index in [4.69, 9.17) is 14.3 Å². The van der Waals surface area contributed by atoms with Crippen molar-refractivity contribution in [1.82, 2.24) is 10.2 Å². The van der Waals surface area contributed by atoms with Crippen LogP contribution in [0.15, 0.2) is 61.5 Å². The molecule has 8 nitrogen and oxygen atoms in total. The van der Waals surface area contributed by atoms with Crippen molar-refractivity contribution in [3.63, 3.8) is 0 Å². The first-order chi connectivity index (χ1) is 14.9. The number of benzene rings is 2. The molecule has 1 aromatic heterocycles. The van der Waals surface area contributed by atoms with Gasteiger partial charge in [0.25, 0.3) is 5.22 Å². The summed E-state index contributed by atoms with van der Waals surface area (Å²) < 4.78 is 11.8. The molecule has 0 fully saturated rings. The van der Waals surface area contributed by atoms with Crippen molar-refractivity contribution in [2.45, 2.75) is 25.2 Å². The van der Waals surface area contributed by atoms with E-state index in [1.807, 2.05) is 6.92 Å². The number of hydrogen-bond acceptors (Lipinski definition) is 7. The Labute approximate surface area is 190 Å². The van der Waals surface area contributed by atoms with Crippen molar-refractivity contribution in [2.75, 3.05) is 0 Å². The molecule has 3 aromatic rings. The lowest BCUT2D eigenvalue weighted by Crippen LogP contribution is -1.99. The molecule has 10 heteroatoms. The Bertz CT molecular complexity index is 1130. The van der Waals surface area contributed by atoms with Gasteiger partial charge in [-0.15, -0.1) is 10.2 Å². The van der Waals surface area contributed by atoms with Crippen LogP contribution in [-0.2, 0) is 17.8 Å². The fourth-order valence-electron chi connectivity index (χ4n) is 2.43. The number of carbonyl (C=O) groups is 2. The lowest BCUT2D eigenvalue weighted by molar-refractivity contribution is -0.131. The zero-order valence-electron chi connectivity index (χ0n) is 16.2. The summed E-state index contributed by atoms with van der Waals surface area (Å²) in [6.45, 7) is 2.11. The van der Waals surface area contributed by atoms with E-state index in [0.717, 1.165) is 17.3 Å². The van der Waals surface area contributed by atoms with Gasteiger partial charge >= 0.3 is 11.9 Å². The topological polar surface area (TPSA) is 123 Å². The quantitative estimate of drug-likeness (QED) is 0.309. The normalized spacial score (nSPS) is 11.4. The van der Waals surface area contributed by atoms with E-state index in [1.165, 1.54) is 18.2 Å². The van der Waals surface area contributed by atoms with Gasteiger partial charge in [0.15, 0.2) is 0 Å². The second kappa shape index (κ2) is 10.3. The zero-order chi connectivity index (χ0) is 22.4. The molecule has 0 spiro atoms. The van der Waals surface area contributed by atoms with Gasteiger partial charge in [-0.25, -0.2) is 9.59 Å². The Morgan fingerprint density at radius 2 is 1.90 bits per heavy atom. The third-order valence-corrected chi connectivity index (χ3v) is 5.48. The first-order valence-electron chi connectivity index (χ1n) is 9.05. The third kappa shape index (κ3) is 6.19. The number of rotatable bonds is 9. The van der Waals surface area contributed by atoms with Crippen molar-refractivity contribution >= 4 is 45.7 Å². The van der Waals surface area contributed by atoms with Crippen LogP contribution in [0, 0.1) is 0 Å². The molecule has 2 aromatic carbocycles. The molecule has 0 aliphatic carbocycles. The molecule has 0 aliphatic rings. The Hall–Kier alpha value is -3.11. The number of aliphatic carboxylic acids is 1. The van der Waals surface area contributed by atoms with Crippen molar-refractivity contribution in [3.05, 3.63) is 74.4 Å². The van der Waals surface area contributed by atoms with Crippen LogP contribution in [0.5, 0.6) is 5.75 Å². The molecule has 0 saturated carbocycles. The van der Waals surface area contributed by atoms with Crippen molar-refractivity contribution in [1.29, 1.82) is 0 Å². The largest absolute Gasteiger partial charge is 0.488 e. The predicted octanol–water partition coefficient (Wildman–Crippen LogP) is 4.89. The number of ether oxygens (including phenoxy) is 1. The highest BCUT2D eigenvalue weighted by molar-refractivity contribution is 9.10. The van der Waals surface area contributed by atoms with Crippen LogP contribution in [0.3, 0.4) is 0 Å².